The van der Waals surface area contributed by atoms with E-state index >= 15 is 0 Å². The van der Waals surface area contributed by atoms with Gasteiger partial charge in [-0.2, -0.15) is 8.42 Å². The molecule has 0 saturated heterocycles. The zero-order valence-electron chi connectivity index (χ0n) is 20.8. The first-order valence-electron chi connectivity index (χ1n) is 12.0. The van der Waals surface area contributed by atoms with E-state index in [9.17, 15) is 21.4 Å². The molecular formula is C26H35O6S2-. The van der Waals surface area contributed by atoms with Crippen LogP contribution in [-0.2, 0) is 33.1 Å². The Bertz CT molecular complexity index is 1240. The van der Waals surface area contributed by atoms with E-state index in [1.165, 1.54) is 12.1 Å². The van der Waals surface area contributed by atoms with Crippen molar-refractivity contribution in [2.45, 2.75) is 101 Å². The monoisotopic (exact) mass is 507 g/mol. The molecule has 0 unspecified atom stereocenters. The van der Waals surface area contributed by atoms with Crippen molar-refractivity contribution >= 4 is 20.2 Å². The maximum atomic E-state index is 13.8. The number of rotatable bonds is 7. The highest BCUT2D eigenvalue weighted by molar-refractivity contribution is 7.87. The summed E-state index contributed by atoms with van der Waals surface area (Å²) in [7, 11) is -8.91. The molecule has 8 heteroatoms. The van der Waals surface area contributed by atoms with Crippen LogP contribution in [0.3, 0.4) is 0 Å². The van der Waals surface area contributed by atoms with Crippen LogP contribution >= 0.6 is 0 Å². The second-order valence-electron chi connectivity index (χ2n) is 10.1. The van der Waals surface area contributed by atoms with Gasteiger partial charge in [-0.25, -0.2) is 8.42 Å². The third kappa shape index (κ3) is 5.50. The predicted octanol–water partition coefficient (Wildman–Crippen LogP) is 6.00. The molecule has 0 radical (unpaired) electrons. The predicted molar refractivity (Wildman–Crippen MR) is 132 cm³/mol. The third-order valence-corrected chi connectivity index (χ3v) is 8.79. The lowest BCUT2D eigenvalue weighted by atomic mass is 9.89. The smallest absolute Gasteiger partial charge is 0.339 e. The number of hydrogen-bond donors (Lipinski definition) is 0. The molecule has 0 heterocycles. The van der Waals surface area contributed by atoms with E-state index in [0.29, 0.717) is 35.1 Å². The maximum absolute atomic E-state index is 13.8. The van der Waals surface area contributed by atoms with Gasteiger partial charge < -0.3 is 8.74 Å². The normalized spacial score (nSPS) is 15.0. The van der Waals surface area contributed by atoms with Crippen molar-refractivity contribution in [3.8, 4) is 5.75 Å². The SMILES string of the molecule is CC(C)c1cc(C(C)C)c(S(=O)(=O)Oc2ccc(S(=O)(=O)[O-])c3c2CCCCC3)c(C(C)C)c1. The summed E-state index contributed by atoms with van der Waals surface area (Å²) < 4.78 is 68.9. The second kappa shape index (κ2) is 9.99. The quantitative estimate of drug-likeness (QED) is 0.259. The summed E-state index contributed by atoms with van der Waals surface area (Å²) in [4.78, 5) is -0.0917. The molecule has 0 bridgehead atoms. The fourth-order valence-electron chi connectivity index (χ4n) is 4.63. The van der Waals surface area contributed by atoms with E-state index in [2.05, 4.69) is 13.8 Å². The molecule has 188 valence electrons. The summed E-state index contributed by atoms with van der Waals surface area (Å²) in [6.45, 7) is 12.0. The zero-order chi connectivity index (χ0) is 25.4. The Morgan fingerprint density at radius 2 is 1.29 bits per heavy atom. The van der Waals surface area contributed by atoms with Gasteiger partial charge in [-0.05, 0) is 77.8 Å². The van der Waals surface area contributed by atoms with Crippen LogP contribution in [-0.4, -0.2) is 21.4 Å². The van der Waals surface area contributed by atoms with Crippen molar-refractivity contribution < 1.29 is 25.6 Å². The Kier molecular flexibility index (Phi) is 7.85. The molecule has 0 N–H and O–H groups in total. The van der Waals surface area contributed by atoms with Crippen LogP contribution in [0.4, 0.5) is 0 Å². The first-order valence-corrected chi connectivity index (χ1v) is 14.8. The summed E-state index contributed by atoms with van der Waals surface area (Å²) >= 11 is 0. The Hall–Kier alpha value is -1.90. The lowest BCUT2D eigenvalue weighted by Crippen LogP contribution is -2.18. The summed E-state index contributed by atoms with van der Waals surface area (Å²) in [6.07, 6.45) is 3.23. The topological polar surface area (TPSA) is 101 Å². The fourth-order valence-corrected chi connectivity index (χ4v) is 7.03. The van der Waals surface area contributed by atoms with E-state index in [4.69, 9.17) is 4.18 Å². The van der Waals surface area contributed by atoms with Gasteiger partial charge in [0.15, 0.2) is 0 Å². The van der Waals surface area contributed by atoms with Crippen molar-refractivity contribution in [1.29, 1.82) is 0 Å². The van der Waals surface area contributed by atoms with Gasteiger partial charge in [-0.1, -0.05) is 60.1 Å². The van der Waals surface area contributed by atoms with Gasteiger partial charge in [-0.15, -0.1) is 0 Å². The summed E-state index contributed by atoms with van der Waals surface area (Å²) in [5.74, 6) is 0.260. The van der Waals surface area contributed by atoms with E-state index in [1.54, 1.807) is 0 Å². The van der Waals surface area contributed by atoms with E-state index in [-0.39, 0.29) is 33.3 Å². The van der Waals surface area contributed by atoms with Gasteiger partial charge in [0, 0.05) is 5.56 Å². The first kappa shape index (κ1) is 26.7. The summed E-state index contributed by atoms with van der Waals surface area (Å²) in [5, 5.41) is 0. The van der Waals surface area contributed by atoms with Crippen LogP contribution in [0.1, 0.15) is 106 Å². The average molecular weight is 508 g/mol. The van der Waals surface area contributed by atoms with Crippen LogP contribution < -0.4 is 4.18 Å². The number of benzene rings is 2. The molecule has 34 heavy (non-hydrogen) atoms. The molecule has 2 aromatic rings. The molecule has 0 aliphatic heterocycles. The van der Waals surface area contributed by atoms with E-state index in [1.807, 2.05) is 39.8 Å². The van der Waals surface area contributed by atoms with Crippen molar-refractivity contribution in [2.75, 3.05) is 0 Å². The Balaban J connectivity index is 2.22. The molecule has 0 atom stereocenters. The van der Waals surface area contributed by atoms with Gasteiger partial charge >= 0.3 is 10.1 Å². The maximum Gasteiger partial charge on any atom is 0.339 e. The second-order valence-corrected chi connectivity index (χ2v) is 12.9. The Morgan fingerprint density at radius 3 is 1.76 bits per heavy atom. The highest BCUT2D eigenvalue weighted by atomic mass is 32.2. The third-order valence-electron chi connectivity index (χ3n) is 6.50. The first-order chi connectivity index (χ1) is 15.7. The minimum atomic E-state index is -4.68. The molecule has 3 rings (SSSR count). The van der Waals surface area contributed by atoms with Crippen LogP contribution in [0.5, 0.6) is 5.75 Å². The minimum Gasteiger partial charge on any atom is -0.744 e. The summed E-state index contributed by atoms with van der Waals surface area (Å²) in [5.41, 5.74) is 3.39. The molecule has 0 fully saturated rings. The van der Waals surface area contributed by atoms with Crippen LogP contribution in [0.15, 0.2) is 34.1 Å². The zero-order valence-corrected chi connectivity index (χ0v) is 22.5. The van der Waals surface area contributed by atoms with Crippen molar-refractivity contribution in [3.05, 3.63) is 52.1 Å². The molecule has 0 amide bonds. The van der Waals surface area contributed by atoms with Gasteiger partial charge in [-0.3, -0.25) is 0 Å². The molecule has 0 aromatic heterocycles. The van der Waals surface area contributed by atoms with E-state index < -0.39 is 20.2 Å². The standard InChI is InChI=1S/C26H36O6S2/c1-16(2)19-14-22(17(3)4)26(23(15-19)18(5)6)34(30,31)32-24-12-13-25(33(27,28)29)21-11-9-7-8-10-20(21)24/h12-18H,7-11H2,1-6H3,(H,27,28,29)/p-1. The van der Waals surface area contributed by atoms with Gasteiger partial charge in [0.25, 0.3) is 0 Å². The Labute approximate surface area is 204 Å². The van der Waals surface area contributed by atoms with Crippen LogP contribution in [0.2, 0.25) is 0 Å². The minimum absolute atomic E-state index is 0.0466. The highest BCUT2D eigenvalue weighted by Gasteiger charge is 2.30. The van der Waals surface area contributed by atoms with Crippen molar-refractivity contribution in [2.24, 2.45) is 0 Å². The molecular weight excluding hydrogens is 472 g/mol. The molecule has 0 saturated carbocycles. The average Bonchev–Trinajstić information content (AvgIpc) is 2.98. The number of fused-ring (bicyclic) bond motifs is 1. The number of hydrogen-bond acceptors (Lipinski definition) is 6. The van der Waals surface area contributed by atoms with Crippen molar-refractivity contribution in [3.63, 3.8) is 0 Å². The fraction of sp³-hybridized carbons (Fsp3) is 0.538. The Morgan fingerprint density at radius 1 is 0.765 bits per heavy atom. The molecule has 0 spiro atoms. The van der Waals surface area contributed by atoms with Crippen LogP contribution in [0, 0.1) is 0 Å². The molecule has 6 nitrogen and oxygen atoms in total. The molecule has 2 aromatic carbocycles. The van der Waals surface area contributed by atoms with Crippen LogP contribution in [0.25, 0.3) is 0 Å². The van der Waals surface area contributed by atoms with Gasteiger partial charge in [0.2, 0.25) is 0 Å². The lowest BCUT2D eigenvalue weighted by molar-refractivity contribution is 0.461. The van der Waals surface area contributed by atoms with Crippen molar-refractivity contribution in [1.82, 2.24) is 0 Å². The molecule has 1 aliphatic carbocycles. The molecule has 1 aliphatic rings. The highest BCUT2D eigenvalue weighted by Crippen LogP contribution is 2.39. The van der Waals surface area contributed by atoms with Gasteiger partial charge in [0.1, 0.15) is 20.8 Å². The lowest BCUT2D eigenvalue weighted by Gasteiger charge is -2.24. The van der Waals surface area contributed by atoms with E-state index in [0.717, 1.165) is 24.8 Å². The largest absolute Gasteiger partial charge is 0.744 e. The van der Waals surface area contributed by atoms with Gasteiger partial charge in [0.05, 0.1) is 4.90 Å². The summed E-state index contributed by atoms with van der Waals surface area (Å²) in [6, 6.07) is 6.40.